The SMILES string of the molecule is COc1ccc(/C=N\NC(=S)NCC[NH+]2CCOCC2)cc1F. The van der Waals surface area contributed by atoms with Gasteiger partial charge in [-0.1, -0.05) is 0 Å². The van der Waals surface area contributed by atoms with Gasteiger partial charge in [0.25, 0.3) is 0 Å². The lowest BCUT2D eigenvalue weighted by atomic mass is 10.2. The highest BCUT2D eigenvalue weighted by Crippen LogP contribution is 2.16. The van der Waals surface area contributed by atoms with E-state index in [-0.39, 0.29) is 5.75 Å². The number of rotatable bonds is 6. The van der Waals surface area contributed by atoms with Gasteiger partial charge in [0.1, 0.15) is 13.1 Å². The third kappa shape index (κ3) is 6.09. The van der Waals surface area contributed by atoms with Crippen LogP contribution in [0.15, 0.2) is 23.3 Å². The number of morpholine rings is 1. The molecule has 23 heavy (non-hydrogen) atoms. The fourth-order valence-corrected chi connectivity index (χ4v) is 2.39. The summed E-state index contributed by atoms with van der Waals surface area (Å²) in [4.78, 5) is 1.50. The Morgan fingerprint density at radius 2 is 2.26 bits per heavy atom. The van der Waals surface area contributed by atoms with E-state index in [4.69, 9.17) is 21.7 Å². The van der Waals surface area contributed by atoms with Gasteiger partial charge >= 0.3 is 0 Å². The molecule has 1 saturated heterocycles. The minimum absolute atomic E-state index is 0.206. The molecular formula is C15H22FN4O2S+. The number of ether oxygens (including phenoxy) is 2. The lowest BCUT2D eigenvalue weighted by Crippen LogP contribution is -3.14. The number of hydrogen-bond donors (Lipinski definition) is 3. The summed E-state index contributed by atoms with van der Waals surface area (Å²) in [6, 6.07) is 4.62. The van der Waals surface area contributed by atoms with E-state index < -0.39 is 5.82 Å². The van der Waals surface area contributed by atoms with Crippen molar-refractivity contribution in [2.75, 3.05) is 46.5 Å². The molecule has 1 aromatic carbocycles. The smallest absolute Gasteiger partial charge is 0.187 e. The molecule has 0 aliphatic carbocycles. The van der Waals surface area contributed by atoms with Gasteiger partial charge in [0.15, 0.2) is 16.7 Å². The van der Waals surface area contributed by atoms with Crippen molar-refractivity contribution in [3.05, 3.63) is 29.6 Å². The third-order valence-electron chi connectivity index (χ3n) is 3.52. The molecule has 0 atom stereocenters. The Labute approximate surface area is 140 Å². The second-order valence-electron chi connectivity index (χ2n) is 5.13. The normalized spacial score (nSPS) is 15.6. The third-order valence-corrected chi connectivity index (χ3v) is 3.76. The lowest BCUT2D eigenvalue weighted by Gasteiger charge is -2.23. The van der Waals surface area contributed by atoms with E-state index in [0.717, 1.165) is 39.4 Å². The Morgan fingerprint density at radius 1 is 1.48 bits per heavy atom. The Kier molecular flexibility index (Phi) is 7.18. The molecule has 2 rings (SSSR count). The molecule has 6 nitrogen and oxygen atoms in total. The Balaban J connectivity index is 1.68. The Bertz CT molecular complexity index is 550. The number of benzene rings is 1. The van der Waals surface area contributed by atoms with Crippen molar-refractivity contribution < 1.29 is 18.8 Å². The average Bonchev–Trinajstić information content (AvgIpc) is 2.56. The minimum Gasteiger partial charge on any atom is -0.494 e. The first-order valence-electron chi connectivity index (χ1n) is 7.51. The molecule has 0 aromatic heterocycles. The van der Waals surface area contributed by atoms with Crippen LogP contribution in [0, 0.1) is 5.82 Å². The van der Waals surface area contributed by atoms with Crippen LogP contribution in [-0.4, -0.2) is 57.8 Å². The molecule has 0 unspecified atom stereocenters. The van der Waals surface area contributed by atoms with Crippen LogP contribution in [0.4, 0.5) is 4.39 Å². The monoisotopic (exact) mass is 341 g/mol. The van der Waals surface area contributed by atoms with Gasteiger partial charge in [-0.2, -0.15) is 5.10 Å². The number of methoxy groups -OCH3 is 1. The molecule has 3 N–H and O–H groups in total. The fraction of sp³-hybridized carbons (Fsp3) is 0.467. The quantitative estimate of drug-likeness (QED) is 0.372. The average molecular weight is 341 g/mol. The van der Waals surface area contributed by atoms with Crippen LogP contribution in [0.2, 0.25) is 0 Å². The van der Waals surface area contributed by atoms with E-state index in [1.165, 1.54) is 24.3 Å². The first-order valence-corrected chi connectivity index (χ1v) is 7.91. The first-order chi connectivity index (χ1) is 11.2. The maximum absolute atomic E-state index is 13.5. The van der Waals surface area contributed by atoms with E-state index >= 15 is 0 Å². The van der Waals surface area contributed by atoms with Crippen molar-refractivity contribution in [1.29, 1.82) is 0 Å². The van der Waals surface area contributed by atoms with E-state index in [0.29, 0.717) is 10.7 Å². The number of halogens is 1. The number of nitrogens with one attached hydrogen (secondary N) is 3. The van der Waals surface area contributed by atoms with Crippen LogP contribution in [0.5, 0.6) is 5.75 Å². The summed E-state index contributed by atoms with van der Waals surface area (Å²) in [6.45, 7) is 5.46. The maximum atomic E-state index is 13.5. The zero-order valence-electron chi connectivity index (χ0n) is 13.1. The summed E-state index contributed by atoms with van der Waals surface area (Å²) in [7, 11) is 1.43. The largest absolute Gasteiger partial charge is 0.494 e. The molecule has 0 saturated carbocycles. The standard InChI is InChI=1S/C15H21FN4O2S/c1-21-14-3-2-12(10-13(14)16)11-18-19-15(23)17-4-5-20-6-8-22-9-7-20/h2-3,10-11H,4-9H2,1H3,(H2,17,19,23)/p+1/b18-11-. The lowest BCUT2D eigenvalue weighted by molar-refractivity contribution is -0.906. The summed E-state index contributed by atoms with van der Waals surface area (Å²) in [5.41, 5.74) is 3.34. The highest BCUT2D eigenvalue weighted by atomic mass is 32.1. The van der Waals surface area contributed by atoms with Gasteiger partial charge < -0.3 is 19.7 Å². The molecule has 1 aliphatic rings. The van der Waals surface area contributed by atoms with Gasteiger partial charge in [0, 0.05) is 0 Å². The second kappa shape index (κ2) is 9.39. The van der Waals surface area contributed by atoms with Crippen molar-refractivity contribution in [2.24, 2.45) is 5.10 Å². The van der Waals surface area contributed by atoms with Crippen LogP contribution in [0.1, 0.15) is 5.56 Å². The van der Waals surface area contributed by atoms with Crippen molar-refractivity contribution in [1.82, 2.24) is 10.7 Å². The van der Waals surface area contributed by atoms with Crippen molar-refractivity contribution >= 4 is 23.5 Å². The molecule has 8 heteroatoms. The van der Waals surface area contributed by atoms with Crippen molar-refractivity contribution in [3.8, 4) is 5.75 Å². The number of thiocarbonyl (C=S) groups is 1. The molecule has 0 radical (unpaired) electrons. The summed E-state index contributed by atoms with van der Waals surface area (Å²) in [5, 5.41) is 7.53. The van der Waals surface area contributed by atoms with E-state index in [9.17, 15) is 4.39 Å². The van der Waals surface area contributed by atoms with Crippen LogP contribution in [-0.2, 0) is 4.74 Å². The molecule has 1 heterocycles. The summed E-state index contributed by atoms with van der Waals surface area (Å²) in [6.07, 6.45) is 1.50. The number of nitrogens with zero attached hydrogens (tertiary/aromatic N) is 1. The van der Waals surface area contributed by atoms with Crippen LogP contribution in [0.3, 0.4) is 0 Å². The predicted molar refractivity (Wildman–Crippen MR) is 90.7 cm³/mol. The van der Waals surface area contributed by atoms with Crippen LogP contribution >= 0.6 is 12.2 Å². The molecule has 0 bridgehead atoms. The molecule has 0 amide bonds. The zero-order valence-corrected chi connectivity index (χ0v) is 13.9. The van der Waals surface area contributed by atoms with Crippen molar-refractivity contribution in [3.63, 3.8) is 0 Å². The minimum atomic E-state index is -0.425. The van der Waals surface area contributed by atoms with Gasteiger partial charge in [-0.05, 0) is 36.0 Å². The highest BCUT2D eigenvalue weighted by Gasteiger charge is 2.12. The molecule has 126 valence electrons. The number of hydrazone groups is 1. The summed E-state index contributed by atoms with van der Waals surface area (Å²) < 4.78 is 23.7. The van der Waals surface area contributed by atoms with Gasteiger partial charge in [0.2, 0.25) is 0 Å². The van der Waals surface area contributed by atoms with Crippen LogP contribution < -0.4 is 20.4 Å². The Hall–Kier alpha value is -1.77. The molecular weight excluding hydrogens is 319 g/mol. The first kappa shape index (κ1) is 17.6. The second-order valence-corrected chi connectivity index (χ2v) is 5.54. The van der Waals surface area contributed by atoms with E-state index in [2.05, 4.69) is 15.8 Å². The molecule has 1 aromatic rings. The number of quaternary nitrogens is 1. The zero-order chi connectivity index (χ0) is 16.5. The van der Waals surface area contributed by atoms with Crippen LogP contribution in [0.25, 0.3) is 0 Å². The van der Waals surface area contributed by atoms with Crippen molar-refractivity contribution in [2.45, 2.75) is 0 Å². The summed E-state index contributed by atoms with van der Waals surface area (Å²) >= 11 is 5.14. The van der Waals surface area contributed by atoms with Gasteiger partial charge in [-0.3, -0.25) is 5.43 Å². The highest BCUT2D eigenvalue weighted by molar-refractivity contribution is 7.80. The molecule has 0 spiro atoms. The number of hydrogen-bond acceptors (Lipinski definition) is 4. The predicted octanol–water partition coefficient (Wildman–Crippen LogP) is -0.453. The fourth-order valence-electron chi connectivity index (χ4n) is 2.23. The van der Waals surface area contributed by atoms with Gasteiger partial charge in [-0.25, -0.2) is 4.39 Å². The van der Waals surface area contributed by atoms with E-state index in [1.54, 1.807) is 12.1 Å². The van der Waals surface area contributed by atoms with Gasteiger partial charge in [-0.15, -0.1) is 0 Å². The topological polar surface area (TPSA) is 59.3 Å². The van der Waals surface area contributed by atoms with Gasteiger partial charge in [0.05, 0.1) is 39.6 Å². The summed E-state index contributed by atoms with van der Waals surface area (Å²) in [5.74, 6) is -0.219. The maximum Gasteiger partial charge on any atom is 0.187 e. The molecule has 1 fully saturated rings. The van der Waals surface area contributed by atoms with E-state index in [1.807, 2.05) is 0 Å². The molecule has 1 aliphatic heterocycles. The Morgan fingerprint density at radius 3 is 2.96 bits per heavy atom.